The first-order valence-corrected chi connectivity index (χ1v) is 9.56. The highest BCUT2D eigenvalue weighted by Crippen LogP contribution is 2.15. The number of rotatable bonds is 9. The Morgan fingerprint density at radius 2 is 1.64 bits per heavy atom. The molecule has 3 aromatic rings. The molecule has 3 rings (SSSR count). The molecule has 1 amide bonds. The van der Waals surface area contributed by atoms with Crippen LogP contribution < -0.4 is 10.6 Å². The molecule has 0 fully saturated rings. The largest absolute Gasteiger partial charge is 0.455 e. The number of nitrogens with one attached hydrogen (secondary N) is 2. The van der Waals surface area contributed by atoms with Crippen LogP contribution in [-0.4, -0.2) is 19.0 Å². The number of hydrogen-bond acceptors (Lipinski definition) is 3. The summed E-state index contributed by atoms with van der Waals surface area (Å²) in [6.07, 6.45) is 1.24. The van der Waals surface area contributed by atoms with Gasteiger partial charge in [-0.2, -0.15) is 0 Å². The van der Waals surface area contributed by atoms with Crippen LogP contribution in [0, 0.1) is 5.82 Å². The third kappa shape index (κ3) is 5.68. The number of benzene rings is 2. The molecule has 0 unspecified atom stereocenters. The van der Waals surface area contributed by atoms with Gasteiger partial charge in [-0.05, 0) is 54.8 Å². The summed E-state index contributed by atoms with van der Waals surface area (Å²) in [7, 11) is 0. The summed E-state index contributed by atoms with van der Waals surface area (Å²) in [4.78, 5) is 12.2. The van der Waals surface area contributed by atoms with Crippen molar-refractivity contribution in [2.75, 3.05) is 13.1 Å². The van der Waals surface area contributed by atoms with Crippen molar-refractivity contribution in [1.82, 2.24) is 10.6 Å². The second kappa shape index (κ2) is 10.1. The van der Waals surface area contributed by atoms with Crippen molar-refractivity contribution in [1.29, 1.82) is 0 Å². The van der Waals surface area contributed by atoms with Gasteiger partial charge in [0.05, 0.1) is 6.54 Å². The van der Waals surface area contributed by atoms with Crippen molar-refractivity contribution in [3.05, 3.63) is 94.2 Å². The molecule has 4 nitrogen and oxygen atoms in total. The summed E-state index contributed by atoms with van der Waals surface area (Å²) in [5, 5.41) is 6.78. The van der Waals surface area contributed by atoms with Crippen molar-refractivity contribution in [2.24, 2.45) is 0 Å². The number of halogens is 2. The van der Waals surface area contributed by atoms with Crippen LogP contribution in [0.2, 0.25) is 5.02 Å². The summed E-state index contributed by atoms with van der Waals surface area (Å²) in [5.41, 5.74) is 1.66. The van der Waals surface area contributed by atoms with E-state index in [9.17, 15) is 9.18 Å². The summed E-state index contributed by atoms with van der Waals surface area (Å²) in [6, 6.07) is 17.7. The van der Waals surface area contributed by atoms with E-state index in [2.05, 4.69) is 10.6 Å². The van der Waals surface area contributed by atoms with Gasteiger partial charge in [-0.15, -0.1) is 0 Å². The number of furan rings is 1. The van der Waals surface area contributed by atoms with Crippen LogP contribution in [0.5, 0.6) is 0 Å². The normalized spacial score (nSPS) is 10.8. The molecular weight excluding hydrogens is 379 g/mol. The molecule has 28 heavy (non-hydrogen) atoms. The third-order valence-corrected chi connectivity index (χ3v) is 4.72. The Hall–Kier alpha value is -2.63. The predicted octanol–water partition coefficient (Wildman–Crippen LogP) is 4.38. The van der Waals surface area contributed by atoms with E-state index >= 15 is 0 Å². The standard InChI is InChI=1S/C22H22ClFN2O2/c23-19-7-3-1-5-16(19)11-13-25-15-18-9-10-21(28-18)22(27)26-14-12-17-6-2-4-8-20(17)24/h1-10,25H,11-15H2,(H,26,27). The van der Waals surface area contributed by atoms with Gasteiger partial charge in [0.1, 0.15) is 11.6 Å². The van der Waals surface area contributed by atoms with Crippen LogP contribution in [-0.2, 0) is 19.4 Å². The Labute approximate surface area is 168 Å². The number of carbonyl (C=O) groups excluding carboxylic acids is 1. The van der Waals surface area contributed by atoms with Gasteiger partial charge in [0.25, 0.3) is 5.91 Å². The van der Waals surface area contributed by atoms with E-state index in [0.29, 0.717) is 30.8 Å². The van der Waals surface area contributed by atoms with Gasteiger partial charge >= 0.3 is 0 Å². The zero-order valence-electron chi connectivity index (χ0n) is 15.4. The highest BCUT2D eigenvalue weighted by molar-refractivity contribution is 6.31. The van der Waals surface area contributed by atoms with Crippen LogP contribution in [0.3, 0.4) is 0 Å². The average molecular weight is 401 g/mol. The van der Waals surface area contributed by atoms with Crippen molar-refractivity contribution >= 4 is 17.5 Å². The quantitative estimate of drug-likeness (QED) is 0.524. The van der Waals surface area contributed by atoms with Gasteiger partial charge in [-0.3, -0.25) is 4.79 Å². The fraction of sp³-hybridized carbons (Fsp3) is 0.227. The molecule has 1 heterocycles. The highest BCUT2D eigenvalue weighted by Gasteiger charge is 2.11. The smallest absolute Gasteiger partial charge is 0.287 e. The van der Waals surface area contributed by atoms with E-state index in [-0.39, 0.29) is 17.5 Å². The number of amides is 1. The lowest BCUT2D eigenvalue weighted by Crippen LogP contribution is -2.25. The lowest BCUT2D eigenvalue weighted by Gasteiger charge is -2.05. The number of hydrogen-bond donors (Lipinski definition) is 2. The third-order valence-electron chi connectivity index (χ3n) is 4.35. The molecular formula is C22H22ClFN2O2. The second-order valence-corrected chi connectivity index (χ2v) is 6.79. The van der Waals surface area contributed by atoms with E-state index in [1.54, 1.807) is 30.3 Å². The first kappa shape index (κ1) is 20.1. The van der Waals surface area contributed by atoms with Crippen LogP contribution in [0.1, 0.15) is 27.4 Å². The first-order valence-electron chi connectivity index (χ1n) is 9.18. The average Bonchev–Trinajstić information content (AvgIpc) is 3.17. The van der Waals surface area contributed by atoms with Crippen molar-refractivity contribution in [2.45, 2.75) is 19.4 Å². The molecule has 0 bridgehead atoms. The maximum Gasteiger partial charge on any atom is 0.287 e. The van der Waals surface area contributed by atoms with Crippen molar-refractivity contribution < 1.29 is 13.6 Å². The molecule has 2 aromatic carbocycles. The molecule has 0 saturated carbocycles. The summed E-state index contributed by atoms with van der Waals surface area (Å²) < 4.78 is 19.1. The monoisotopic (exact) mass is 400 g/mol. The van der Waals surface area contributed by atoms with Crippen LogP contribution >= 0.6 is 11.6 Å². The molecule has 0 aliphatic carbocycles. The fourth-order valence-electron chi connectivity index (χ4n) is 2.83. The second-order valence-electron chi connectivity index (χ2n) is 6.38. The summed E-state index contributed by atoms with van der Waals surface area (Å²) in [5.74, 6) is 0.355. The van der Waals surface area contributed by atoms with E-state index in [1.165, 1.54) is 6.07 Å². The van der Waals surface area contributed by atoms with E-state index in [0.717, 1.165) is 23.6 Å². The maximum absolute atomic E-state index is 13.6. The van der Waals surface area contributed by atoms with Crippen molar-refractivity contribution in [3.63, 3.8) is 0 Å². The van der Waals surface area contributed by atoms with E-state index < -0.39 is 0 Å². The Morgan fingerprint density at radius 1 is 0.929 bits per heavy atom. The molecule has 2 N–H and O–H groups in total. The lowest BCUT2D eigenvalue weighted by molar-refractivity contribution is 0.0924. The molecule has 0 aliphatic heterocycles. The van der Waals surface area contributed by atoms with E-state index in [1.807, 2.05) is 24.3 Å². The summed E-state index contributed by atoms with van der Waals surface area (Å²) in [6.45, 7) is 1.60. The Morgan fingerprint density at radius 3 is 2.43 bits per heavy atom. The highest BCUT2D eigenvalue weighted by atomic mass is 35.5. The van der Waals surface area contributed by atoms with Crippen LogP contribution in [0.4, 0.5) is 4.39 Å². The minimum absolute atomic E-state index is 0.247. The van der Waals surface area contributed by atoms with E-state index in [4.69, 9.17) is 16.0 Å². The van der Waals surface area contributed by atoms with Gasteiger partial charge in [0, 0.05) is 11.6 Å². The predicted molar refractivity (Wildman–Crippen MR) is 108 cm³/mol. The van der Waals surface area contributed by atoms with Gasteiger partial charge in [-0.25, -0.2) is 4.39 Å². The molecule has 6 heteroatoms. The van der Waals surface area contributed by atoms with Crippen LogP contribution in [0.25, 0.3) is 0 Å². The molecule has 0 saturated heterocycles. The lowest BCUT2D eigenvalue weighted by atomic mass is 10.1. The Balaban J connectivity index is 1.40. The topological polar surface area (TPSA) is 54.3 Å². The van der Waals surface area contributed by atoms with Gasteiger partial charge < -0.3 is 15.1 Å². The first-order chi connectivity index (χ1) is 13.6. The molecule has 146 valence electrons. The molecule has 0 spiro atoms. The molecule has 0 radical (unpaired) electrons. The maximum atomic E-state index is 13.6. The molecule has 1 aromatic heterocycles. The number of carbonyl (C=O) groups is 1. The Kier molecular flexibility index (Phi) is 7.23. The minimum atomic E-state index is -0.307. The summed E-state index contributed by atoms with van der Waals surface area (Å²) >= 11 is 6.14. The Bertz CT molecular complexity index is 926. The van der Waals surface area contributed by atoms with Gasteiger partial charge in [-0.1, -0.05) is 48.0 Å². The molecule has 0 aliphatic rings. The van der Waals surface area contributed by atoms with Crippen molar-refractivity contribution in [3.8, 4) is 0 Å². The van der Waals surface area contributed by atoms with Gasteiger partial charge in [0.2, 0.25) is 0 Å². The van der Waals surface area contributed by atoms with Crippen LogP contribution in [0.15, 0.2) is 65.1 Å². The minimum Gasteiger partial charge on any atom is -0.455 e. The zero-order valence-corrected chi connectivity index (χ0v) is 16.1. The van der Waals surface area contributed by atoms with Gasteiger partial charge in [0.15, 0.2) is 5.76 Å². The fourth-order valence-corrected chi connectivity index (χ4v) is 3.06. The SMILES string of the molecule is O=C(NCCc1ccccc1F)c1ccc(CNCCc2ccccc2Cl)o1. The molecule has 0 atom stereocenters. The zero-order chi connectivity index (χ0) is 19.8.